The van der Waals surface area contributed by atoms with E-state index in [1.54, 1.807) is 13.0 Å². The maximum absolute atomic E-state index is 13.4. The second kappa shape index (κ2) is 10.4. The quantitative estimate of drug-likeness (QED) is 0.325. The van der Waals surface area contributed by atoms with Crippen molar-refractivity contribution in [2.24, 2.45) is 29.1 Å². The normalized spacial score (nSPS) is 51.6. The maximum Gasteiger partial charge on any atom is 0.230 e. The third-order valence-corrected chi connectivity index (χ3v) is 8.76. The van der Waals surface area contributed by atoms with Gasteiger partial charge in [0.2, 0.25) is 5.91 Å². The van der Waals surface area contributed by atoms with E-state index in [0.29, 0.717) is 6.42 Å². The molecule has 0 aromatic heterocycles. The van der Waals surface area contributed by atoms with E-state index in [4.69, 9.17) is 0 Å². The van der Waals surface area contributed by atoms with E-state index in [2.05, 4.69) is 13.0 Å². The van der Waals surface area contributed by atoms with Crippen LogP contribution in [0.25, 0.3) is 0 Å². The van der Waals surface area contributed by atoms with Crippen molar-refractivity contribution in [2.45, 2.75) is 83.1 Å². The SMILES string of the molecule is CC1=C/[C@@]2(C)[C@@H]3[C@H]4[C@H](O)C[C@H](C)N4C(=O)[C@H]3C=C[C@H]2/C=C/[C@H](C)[C@@H](O)[C@H](O)[C@@H](O)C[C@@H](O)\C=C/C=C/1. The van der Waals surface area contributed by atoms with Gasteiger partial charge < -0.3 is 30.4 Å². The number of aliphatic hydroxyl groups excluding tert-OH is 5. The Hall–Kier alpha value is -2.03. The molecule has 4 aliphatic rings. The van der Waals surface area contributed by atoms with Gasteiger partial charge >= 0.3 is 0 Å². The average molecular weight is 500 g/mol. The molecule has 0 unspecified atom stereocenters. The highest BCUT2D eigenvalue weighted by Gasteiger charge is 2.62. The minimum absolute atomic E-state index is 0.00935. The molecule has 36 heavy (non-hydrogen) atoms. The molecule has 198 valence electrons. The number of fused-ring (bicyclic) bond motifs is 5. The summed E-state index contributed by atoms with van der Waals surface area (Å²) in [7, 11) is 0. The molecule has 7 nitrogen and oxygen atoms in total. The van der Waals surface area contributed by atoms with E-state index >= 15 is 0 Å². The molecule has 2 saturated heterocycles. The summed E-state index contributed by atoms with van der Waals surface area (Å²) in [6.07, 6.45) is 12.0. The maximum atomic E-state index is 13.4. The van der Waals surface area contributed by atoms with Crippen molar-refractivity contribution in [3.8, 4) is 0 Å². The van der Waals surface area contributed by atoms with Crippen LogP contribution in [0.15, 0.2) is 60.3 Å². The van der Waals surface area contributed by atoms with Crippen LogP contribution in [-0.2, 0) is 4.79 Å². The Labute approximate surface area is 213 Å². The Bertz CT molecular complexity index is 984. The first-order valence-electron chi connectivity index (χ1n) is 13.1. The zero-order valence-corrected chi connectivity index (χ0v) is 21.6. The first-order valence-corrected chi connectivity index (χ1v) is 13.1. The van der Waals surface area contributed by atoms with Crippen molar-refractivity contribution in [2.75, 3.05) is 0 Å². The largest absolute Gasteiger partial charge is 0.391 e. The molecular weight excluding hydrogens is 458 g/mol. The summed E-state index contributed by atoms with van der Waals surface area (Å²) < 4.78 is 0. The van der Waals surface area contributed by atoms with Crippen LogP contribution < -0.4 is 0 Å². The second-order valence-corrected chi connectivity index (χ2v) is 11.4. The molecule has 5 N–H and O–H groups in total. The van der Waals surface area contributed by atoms with Crippen molar-refractivity contribution in [1.82, 2.24) is 4.90 Å². The molecule has 12 atom stereocenters. The van der Waals surface area contributed by atoms with Gasteiger partial charge in [-0.1, -0.05) is 74.1 Å². The lowest BCUT2D eigenvalue weighted by atomic mass is 9.58. The molecule has 0 radical (unpaired) electrons. The molecule has 2 heterocycles. The van der Waals surface area contributed by atoms with Gasteiger partial charge in [0.05, 0.1) is 36.4 Å². The van der Waals surface area contributed by atoms with Crippen LogP contribution in [0.5, 0.6) is 0 Å². The highest BCUT2D eigenvalue weighted by molar-refractivity contribution is 5.85. The number of hydrogen-bond donors (Lipinski definition) is 5. The Morgan fingerprint density at radius 2 is 1.58 bits per heavy atom. The fraction of sp³-hybridized carbons (Fsp3) is 0.621. The standard InChI is InChI=1S/C29H41NO6/c1-16-7-5-6-8-20(31)14-23(33)27(35)26(34)17(2)9-10-19-11-12-21-24(29(19,4)15-16)25-22(32)13-18(3)30(25)28(21)36/h5-12,15,17-27,31-35H,13-14H2,1-4H3/b7-5+,8-6-,10-9+,16-15+/t17-,18-,19+,20-,21-,22+,23-,24-,25+,26+,27+,29+/m0/s1. The topological polar surface area (TPSA) is 121 Å². The van der Waals surface area contributed by atoms with Crippen LogP contribution in [0, 0.1) is 29.1 Å². The second-order valence-electron chi connectivity index (χ2n) is 11.4. The molecule has 7 heteroatoms. The van der Waals surface area contributed by atoms with Gasteiger partial charge in [-0.15, -0.1) is 0 Å². The van der Waals surface area contributed by atoms with Gasteiger partial charge in [0, 0.05) is 35.6 Å². The van der Waals surface area contributed by atoms with Gasteiger partial charge in [-0.05, 0) is 20.3 Å². The van der Waals surface area contributed by atoms with E-state index in [1.807, 2.05) is 55.2 Å². The first-order chi connectivity index (χ1) is 17.0. The Morgan fingerprint density at radius 3 is 2.31 bits per heavy atom. The molecule has 2 aliphatic carbocycles. The summed E-state index contributed by atoms with van der Waals surface area (Å²) in [5, 5.41) is 52.8. The highest BCUT2D eigenvalue weighted by Crippen LogP contribution is 2.56. The smallest absolute Gasteiger partial charge is 0.230 e. The van der Waals surface area contributed by atoms with E-state index < -0.39 is 41.9 Å². The van der Waals surface area contributed by atoms with Crippen molar-refractivity contribution in [3.63, 3.8) is 0 Å². The fourth-order valence-electron chi connectivity index (χ4n) is 6.84. The molecule has 0 aromatic carbocycles. The lowest BCUT2D eigenvalue weighted by molar-refractivity contribution is -0.131. The number of nitrogens with zero attached hydrogens (tertiary/aromatic N) is 1. The molecule has 2 fully saturated rings. The van der Waals surface area contributed by atoms with Crippen LogP contribution >= 0.6 is 0 Å². The summed E-state index contributed by atoms with van der Waals surface area (Å²) in [5.41, 5.74) is 0.485. The molecule has 0 aromatic rings. The molecule has 4 rings (SSSR count). The molecule has 2 aliphatic heterocycles. The van der Waals surface area contributed by atoms with Gasteiger partial charge in [0.15, 0.2) is 0 Å². The van der Waals surface area contributed by atoms with E-state index in [0.717, 1.165) is 5.57 Å². The minimum atomic E-state index is -1.41. The van der Waals surface area contributed by atoms with Crippen LogP contribution in [0.4, 0.5) is 0 Å². The van der Waals surface area contributed by atoms with E-state index in [-0.39, 0.29) is 42.2 Å². The number of carbonyl (C=O) groups is 1. The third kappa shape index (κ3) is 4.79. The summed E-state index contributed by atoms with van der Waals surface area (Å²) in [4.78, 5) is 15.3. The van der Waals surface area contributed by atoms with E-state index in [1.165, 1.54) is 6.08 Å². The molecule has 1 amide bonds. The van der Waals surface area contributed by atoms with Crippen molar-refractivity contribution in [1.29, 1.82) is 0 Å². The van der Waals surface area contributed by atoms with Gasteiger partial charge in [0.25, 0.3) is 0 Å². The van der Waals surface area contributed by atoms with Crippen molar-refractivity contribution >= 4 is 5.91 Å². The number of allylic oxidation sites excluding steroid dienone is 7. The Balaban J connectivity index is 1.79. The monoisotopic (exact) mass is 499 g/mol. The molecule has 0 spiro atoms. The summed E-state index contributed by atoms with van der Waals surface area (Å²) in [6.45, 7) is 7.90. The number of rotatable bonds is 0. The number of hydrogen-bond acceptors (Lipinski definition) is 6. The Morgan fingerprint density at radius 1 is 0.889 bits per heavy atom. The highest BCUT2D eigenvalue weighted by atomic mass is 16.4. The number of amides is 1. The van der Waals surface area contributed by atoms with Crippen molar-refractivity contribution in [3.05, 3.63) is 60.3 Å². The summed E-state index contributed by atoms with van der Waals surface area (Å²) >= 11 is 0. The first kappa shape index (κ1) is 27.0. The molecule has 0 saturated carbocycles. The predicted molar refractivity (Wildman–Crippen MR) is 137 cm³/mol. The zero-order chi connectivity index (χ0) is 26.4. The van der Waals surface area contributed by atoms with Gasteiger partial charge in [0.1, 0.15) is 6.10 Å². The van der Waals surface area contributed by atoms with Gasteiger partial charge in [-0.2, -0.15) is 0 Å². The minimum Gasteiger partial charge on any atom is -0.391 e. The van der Waals surface area contributed by atoms with Crippen LogP contribution in [-0.4, -0.2) is 78.9 Å². The molecular formula is C29H41NO6. The van der Waals surface area contributed by atoms with Crippen LogP contribution in [0.3, 0.4) is 0 Å². The lowest BCUT2D eigenvalue weighted by Gasteiger charge is -2.45. The lowest BCUT2D eigenvalue weighted by Crippen LogP contribution is -2.47. The van der Waals surface area contributed by atoms with Gasteiger partial charge in [-0.25, -0.2) is 0 Å². The number of carbonyl (C=O) groups excluding carboxylic acids is 1. The summed E-state index contributed by atoms with van der Waals surface area (Å²) in [5.74, 6) is -0.942. The van der Waals surface area contributed by atoms with Crippen molar-refractivity contribution < 1.29 is 30.3 Å². The third-order valence-electron chi connectivity index (χ3n) is 8.76. The number of aliphatic hydroxyl groups is 5. The van der Waals surface area contributed by atoms with Gasteiger partial charge in [-0.3, -0.25) is 4.79 Å². The van der Waals surface area contributed by atoms with Crippen LogP contribution in [0.1, 0.15) is 40.5 Å². The zero-order valence-electron chi connectivity index (χ0n) is 21.6. The summed E-state index contributed by atoms with van der Waals surface area (Å²) in [6, 6.07) is -0.276. The molecule has 0 bridgehead atoms. The van der Waals surface area contributed by atoms with E-state index in [9.17, 15) is 30.3 Å². The average Bonchev–Trinajstić information content (AvgIpc) is 3.28. The predicted octanol–water partition coefficient (Wildman–Crippen LogP) is 1.87. The van der Waals surface area contributed by atoms with Crippen LogP contribution in [0.2, 0.25) is 0 Å². The Kier molecular flexibility index (Phi) is 7.79. The fourth-order valence-corrected chi connectivity index (χ4v) is 6.84.